The van der Waals surface area contributed by atoms with Crippen molar-refractivity contribution in [2.75, 3.05) is 27.4 Å². The van der Waals surface area contributed by atoms with Crippen LogP contribution in [0.3, 0.4) is 0 Å². The molecule has 0 saturated carbocycles. The van der Waals surface area contributed by atoms with Gasteiger partial charge in [-0.05, 0) is 23.2 Å². The van der Waals surface area contributed by atoms with Crippen molar-refractivity contribution in [2.45, 2.75) is 6.42 Å². The van der Waals surface area contributed by atoms with Gasteiger partial charge in [-0.3, -0.25) is 4.79 Å². The molecule has 0 spiro atoms. The third-order valence-electron chi connectivity index (χ3n) is 2.32. The summed E-state index contributed by atoms with van der Waals surface area (Å²) in [5.41, 5.74) is 8.91. The molecule has 0 atom stereocenters. The third-order valence-corrected chi connectivity index (χ3v) is 2.32. The third kappa shape index (κ3) is 4.77. The molecule has 0 unspecified atom stereocenters. The lowest BCUT2D eigenvalue weighted by atomic mass is 10.1. The summed E-state index contributed by atoms with van der Waals surface area (Å²) in [5, 5.41) is 3.36. The molecule has 1 aromatic carbocycles. The lowest BCUT2D eigenvalue weighted by molar-refractivity contribution is -0.139. The molecule has 19 heavy (non-hydrogen) atoms. The van der Waals surface area contributed by atoms with Crippen molar-refractivity contribution in [1.29, 1.82) is 0 Å². The summed E-state index contributed by atoms with van der Waals surface area (Å²) < 4.78 is 15.2. The average Bonchev–Trinajstić information content (AvgIpc) is 2.44. The molecular weight excluding hydrogens is 250 g/mol. The first-order valence-electron chi connectivity index (χ1n) is 5.58. The van der Waals surface area contributed by atoms with E-state index < -0.39 is 0 Å². The van der Waals surface area contributed by atoms with Crippen molar-refractivity contribution in [3.8, 4) is 11.5 Å². The summed E-state index contributed by atoms with van der Waals surface area (Å²) in [5.74, 6) is 0.727. The molecule has 1 aromatic rings. The Morgan fingerprint density at radius 3 is 2.79 bits per heavy atom. The summed E-state index contributed by atoms with van der Waals surface area (Å²) in [7, 11) is 2.85. The number of methoxy groups -OCH3 is 2. The minimum Gasteiger partial charge on any atom is -0.493 e. The van der Waals surface area contributed by atoms with Gasteiger partial charge in [0, 0.05) is 4.91 Å². The summed E-state index contributed by atoms with van der Waals surface area (Å²) in [6.45, 7) is 0.500. The van der Waals surface area contributed by atoms with E-state index in [4.69, 9.17) is 15.0 Å². The van der Waals surface area contributed by atoms with Crippen LogP contribution < -0.4 is 9.47 Å². The highest BCUT2D eigenvalue weighted by atomic mass is 16.5. The van der Waals surface area contributed by atoms with E-state index in [0.29, 0.717) is 11.5 Å². The van der Waals surface area contributed by atoms with Crippen LogP contribution in [-0.4, -0.2) is 33.3 Å². The summed E-state index contributed by atoms with van der Waals surface area (Å²) in [4.78, 5) is 13.8. The number of nitrogens with zero attached hydrogens (tertiary/aromatic N) is 3. The molecule has 0 amide bonds. The average molecular weight is 265 g/mol. The maximum Gasteiger partial charge on any atom is 0.309 e. The zero-order valence-corrected chi connectivity index (χ0v) is 10.8. The lowest BCUT2D eigenvalue weighted by Gasteiger charge is -2.11. The summed E-state index contributed by atoms with van der Waals surface area (Å²) >= 11 is 0. The quantitative estimate of drug-likeness (QED) is 0.248. The normalized spacial score (nSPS) is 9.37. The van der Waals surface area contributed by atoms with Gasteiger partial charge in [0.05, 0.1) is 33.8 Å². The standard InChI is InChI=1S/C12H15N3O4/c1-17-11-7-9(8-12(16)18-2)3-4-10(11)19-6-5-14-15-13/h3-4,7H,5-6,8H2,1-2H3. The van der Waals surface area contributed by atoms with Gasteiger partial charge in [0.25, 0.3) is 0 Å². The fraction of sp³-hybridized carbons (Fsp3) is 0.417. The monoisotopic (exact) mass is 265 g/mol. The van der Waals surface area contributed by atoms with Crippen molar-refractivity contribution >= 4 is 5.97 Å². The Hall–Kier alpha value is -2.40. The Kier molecular flexibility index (Phi) is 6.05. The van der Waals surface area contributed by atoms with Crippen molar-refractivity contribution in [2.24, 2.45) is 5.11 Å². The first-order valence-corrected chi connectivity index (χ1v) is 5.58. The van der Waals surface area contributed by atoms with Crippen molar-refractivity contribution in [1.82, 2.24) is 0 Å². The number of rotatable bonds is 7. The second-order valence-electron chi connectivity index (χ2n) is 3.54. The minimum atomic E-state index is -0.320. The van der Waals surface area contributed by atoms with Crippen LogP contribution in [0.2, 0.25) is 0 Å². The van der Waals surface area contributed by atoms with Crippen LogP contribution in [0.4, 0.5) is 0 Å². The van der Waals surface area contributed by atoms with E-state index in [0.717, 1.165) is 5.56 Å². The molecule has 0 N–H and O–H groups in total. The topological polar surface area (TPSA) is 93.5 Å². The van der Waals surface area contributed by atoms with Gasteiger partial charge in [-0.2, -0.15) is 0 Å². The van der Waals surface area contributed by atoms with E-state index in [-0.39, 0.29) is 25.5 Å². The van der Waals surface area contributed by atoms with Gasteiger partial charge in [-0.1, -0.05) is 11.2 Å². The number of carbonyl (C=O) groups excluding carboxylic acids is 1. The molecule has 1 rings (SSSR count). The van der Waals surface area contributed by atoms with Gasteiger partial charge < -0.3 is 14.2 Å². The summed E-state index contributed by atoms with van der Waals surface area (Å²) in [6, 6.07) is 5.16. The predicted molar refractivity (Wildman–Crippen MR) is 68.2 cm³/mol. The molecule has 0 radical (unpaired) electrons. The van der Waals surface area contributed by atoms with Gasteiger partial charge in [0.2, 0.25) is 0 Å². The Balaban J connectivity index is 2.72. The van der Waals surface area contributed by atoms with Gasteiger partial charge in [-0.15, -0.1) is 0 Å². The molecule has 7 nitrogen and oxygen atoms in total. The molecule has 0 bridgehead atoms. The Morgan fingerprint density at radius 2 is 2.16 bits per heavy atom. The maximum atomic E-state index is 11.2. The van der Waals surface area contributed by atoms with Gasteiger partial charge in [-0.25, -0.2) is 0 Å². The molecule has 0 aliphatic rings. The van der Waals surface area contributed by atoms with Crippen LogP contribution in [0, 0.1) is 0 Å². The van der Waals surface area contributed by atoms with E-state index in [1.165, 1.54) is 14.2 Å². The lowest BCUT2D eigenvalue weighted by Crippen LogP contribution is -2.06. The van der Waals surface area contributed by atoms with Crippen molar-refractivity contribution < 1.29 is 19.0 Å². The number of esters is 1. The molecular formula is C12H15N3O4. The number of hydrogen-bond donors (Lipinski definition) is 0. The number of benzene rings is 1. The molecule has 102 valence electrons. The van der Waals surface area contributed by atoms with E-state index >= 15 is 0 Å². The van der Waals surface area contributed by atoms with Crippen LogP contribution in [0.25, 0.3) is 10.4 Å². The maximum absolute atomic E-state index is 11.2. The number of azide groups is 1. The van der Waals surface area contributed by atoms with Gasteiger partial charge >= 0.3 is 5.97 Å². The van der Waals surface area contributed by atoms with E-state index in [1.54, 1.807) is 18.2 Å². The first kappa shape index (κ1) is 14.7. The fourth-order valence-electron chi connectivity index (χ4n) is 1.42. The Bertz CT molecular complexity index is 484. The molecule has 0 aliphatic carbocycles. The van der Waals surface area contributed by atoms with Crippen LogP contribution in [0.15, 0.2) is 23.3 Å². The molecule has 7 heteroatoms. The highest BCUT2D eigenvalue weighted by Crippen LogP contribution is 2.28. The zero-order valence-electron chi connectivity index (χ0n) is 10.8. The minimum absolute atomic E-state index is 0.172. The van der Waals surface area contributed by atoms with Crippen LogP contribution in [0.1, 0.15) is 5.56 Å². The van der Waals surface area contributed by atoms with Crippen molar-refractivity contribution in [3.63, 3.8) is 0 Å². The predicted octanol–water partition coefficient (Wildman–Crippen LogP) is 2.10. The molecule has 0 fully saturated rings. The first-order chi connectivity index (χ1) is 9.21. The SMILES string of the molecule is COC(=O)Cc1ccc(OCCN=[N+]=[N-])c(OC)c1. The number of hydrogen-bond acceptors (Lipinski definition) is 5. The highest BCUT2D eigenvalue weighted by Gasteiger charge is 2.08. The highest BCUT2D eigenvalue weighted by molar-refractivity contribution is 5.72. The van der Waals surface area contributed by atoms with E-state index in [2.05, 4.69) is 14.8 Å². The largest absolute Gasteiger partial charge is 0.493 e. The Morgan fingerprint density at radius 1 is 1.37 bits per heavy atom. The summed E-state index contributed by atoms with van der Waals surface area (Å²) in [6.07, 6.45) is 0.172. The second kappa shape index (κ2) is 7.84. The number of ether oxygens (including phenoxy) is 3. The van der Waals surface area contributed by atoms with Crippen LogP contribution >= 0.6 is 0 Å². The molecule has 0 heterocycles. The van der Waals surface area contributed by atoms with Crippen LogP contribution in [-0.2, 0) is 16.0 Å². The second-order valence-corrected chi connectivity index (χ2v) is 3.54. The van der Waals surface area contributed by atoms with Gasteiger partial charge in [0.1, 0.15) is 0 Å². The van der Waals surface area contributed by atoms with Crippen LogP contribution in [0.5, 0.6) is 11.5 Å². The fourth-order valence-corrected chi connectivity index (χ4v) is 1.42. The Labute approximate surface area is 110 Å². The zero-order chi connectivity index (χ0) is 14.1. The molecule has 0 aromatic heterocycles. The van der Waals surface area contributed by atoms with E-state index in [1.807, 2.05) is 0 Å². The van der Waals surface area contributed by atoms with Crippen molar-refractivity contribution in [3.05, 3.63) is 34.2 Å². The van der Waals surface area contributed by atoms with Gasteiger partial charge in [0.15, 0.2) is 11.5 Å². The number of carbonyl (C=O) groups is 1. The smallest absolute Gasteiger partial charge is 0.309 e. The molecule has 0 aliphatic heterocycles. The molecule has 0 saturated heterocycles. The van der Waals surface area contributed by atoms with E-state index in [9.17, 15) is 4.79 Å².